The number of anilines is 5. The number of nitrogens with two attached hydrogens (primary N) is 1. The van der Waals surface area contributed by atoms with Crippen molar-refractivity contribution in [2.24, 2.45) is 0 Å². The molecule has 3 aromatic heterocycles. The first-order valence-corrected chi connectivity index (χ1v) is 7.44. The molecule has 0 atom stereocenters. The molecule has 3 heterocycles. The summed E-state index contributed by atoms with van der Waals surface area (Å²) >= 11 is 1.56. The Morgan fingerprint density at radius 3 is 2.45 bits per heavy atom. The fourth-order valence-corrected chi connectivity index (χ4v) is 2.59. The van der Waals surface area contributed by atoms with Crippen molar-refractivity contribution in [3.05, 3.63) is 41.3 Å². The van der Waals surface area contributed by atoms with E-state index in [1.807, 2.05) is 32.0 Å². The standard InChI is InChI=1S/C14H15N7S/c1-8-9(2)22-14(19-8)21-13-11(15)12(17-7-18-13)20-10-5-3-4-6-16-10/h3-7H,15H2,1-2H3,(H2,16,17,18,19,20,21). The molecule has 3 aromatic rings. The highest BCUT2D eigenvalue weighted by Gasteiger charge is 2.11. The average Bonchev–Trinajstić information content (AvgIpc) is 2.83. The Hall–Kier alpha value is -2.74. The monoisotopic (exact) mass is 313 g/mol. The van der Waals surface area contributed by atoms with Gasteiger partial charge in [0.15, 0.2) is 16.8 Å². The van der Waals surface area contributed by atoms with Crippen LogP contribution in [0.2, 0.25) is 0 Å². The first-order valence-electron chi connectivity index (χ1n) is 6.63. The Balaban J connectivity index is 1.85. The minimum absolute atomic E-state index is 0.415. The maximum atomic E-state index is 6.12. The van der Waals surface area contributed by atoms with Crippen molar-refractivity contribution in [3.63, 3.8) is 0 Å². The molecule has 0 aliphatic rings. The maximum Gasteiger partial charge on any atom is 0.188 e. The Labute approximate surface area is 131 Å². The van der Waals surface area contributed by atoms with E-state index >= 15 is 0 Å². The van der Waals surface area contributed by atoms with Crippen molar-refractivity contribution in [2.75, 3.05) is 16.4 Å². The van der Waals surface area contributed by atoms with Crippen LogP contribution in [-0.2, 0) is 0 Å². The van der Waals surface area contributed by atoms with Gasteiger partial charge in [-0.2, -0.15) is 0 Å². The Kier molecular flexibility index (Phi) is 3.84. The third-order valence-corrected chi connectivity index (χ3v) is 4.04. The molecule has 0 aliphatic carbocycles. The van der Waals surface area contributed by atoms with E-state index in [1.165, 1.54) is 6.33 Å². The van der Waals surface area contributed by atoms with Gasteiger partial charge >= 0.3 is 0 Å². The van der Waals surface area contributed by atoms with E-state index in [2.05, 4.69) is 30.6 Å². The number of nitrogens with one attached hydrogen (secondary N) is 2. The molecule has 0 aliphatic heterocycles. The predicted molar refractivity (Wildman–Crippen MR) is 88.8 cm³/mol. The van der Waals surface area contributed by atoms with Crippen molar-refractivity contribution in [1.29, 1.82) is 0 Å². The smallest absolute Gasteiger partial charge is 0.188 e. The van der Waals surface area contributed by atoms with Gasteiger partial charge in [-0.15, -0.1) is 11.3 Å². The van der Waals surface area contributed by atoms with Crippen LogP contribution in [0, 0.1) is 13.8 Å². The highest BCUT2D eigenvalue weighted by Crippen LogP contribution is 2.30. The van der Waals surface area contributed by atoms with Gasteiger partial charge in [-0.25, -0.2) is 19.9 Å². The van der Waals surface area contributed by atoms with E-state index in [-0.39, 0.29) is 0 Å². The van der Waals surface area contributed by atoms with E-state index < -0.39 is 0 Å². The quantitative estimate of drug-likeness (QED) is 0.680. The van der Waals surface area contributed by atoms with Crippen molar-refractivity contribution in [1.82, 2.24) is 19.9 Å². The fourth-order valence-electron chi connectivity index (χ4n) is 1.78. The Morgan fingerprint density at radius 2 is 1.82 bits per heavy atom. The van der Waals surface area contributed by atoms with Crippen LogP contribution in [0.1, 0.15) is 10.6 Å². The molecule has 0 saturated carbocycles. The molecule has 0 unspecified atom stereocenters. The summed E-state index contributed by atoms with van der Waals surface area (Å²) in [5.41, 5.74) is 7.53. The van der Waals surface area contributed by atoms with Gasteiger partial charge in [0.1, 0.15) is 17.8 Å². The topological polar surface area (TPSA) is 102 Å². The van der Waals surface area contributed by atoms with Crippen LogP contribution in [0.3, 0.4) is 0 Å². The average molecular weight is 313 g/mol. The lowest BCUT2D eigenvalue weighted by molar-refractivity contribution is 1.15. The zero-order valence-electron chi connectivity index (χ0n) is 12.2. The van der Waals surface area contributed by atoms with Crippen molar-refractivity contribution < 1.29 is 0 Å². The zero-order chi connectivity index (χ0) is 15.5. The van der Waals surface area contributed by atoms with E-state index in [4.69, 9.17) is 5.73 Å². The van der Waals surface area contributed by atoms with Gasteiger partial charge in [-0.05, 0) is 26.0 Å². The predicted octanol–water partition coefficient (Wildman–Crippen LogP) is 3.01. The number of nitrogens with zero attached hydrogens (tertiary/aromatic N) is 4. The number of aromatic nitrogens is 4. The number of rotatable bonds is 4. The first-order chi connectivity index (χ1) is 10.6. The molecular weight excluding hydrogens is 298 g/mol. The Morgan fingerprint density at radius 1 is 1.05 bits per heavy atom. The van der Waals surface area contributed by atoms with Gasteiger partial charge in [0.2, 0.25) is 0 Å². The Bertz CT molecular complexity index is 766. The molecule has 0 fully saturated rings. The highest BCUT2D eigenvalue weighted by molar-refractivity contribution is 7.15. The summed E-state index contributed by atoms with van der Waals surface area (Å²) in [6.45, 7) is 3.99. The molecule has 7 nitrogen and oxygen atoms in total. The summed E-state index contributed by atoms with van der Waals surface area (Å²) in [5, 5.41) is 6.96. The van der Waals surface area contributed by atoms with Crippen LogP contribution in [0.4, 0.5) is 28.3 Å². The number of hydrogen-bond acceptors (Lipinski definition) is 8. The van der Waals surface area contributed by atoms with Crippen molar-refractivity contribution in [3.8, 4) is 0 Å². The molecule has 0 amide bonds. The molecule has 4 N–H and O–H groups in total. The lowest BCUT2D eigenvalue weighted by Gasteiger charge is -2.10. The molecule has 0 aromatic carbocycles. The minimum atomic E-state index is 0.415. The molecule has 22 heavy (non-hydrogen) atoms. The SMILES string of the molecule is Cc1nc(Nc2ncnc(Nc3ccccn3)c2N)sc1C. The van der Waals surface area contributed by atoms with Crippen LogP contribution in [-0.4, -0.2) is 19.9 Å². The molecule has 0 saturated heterocycles. The lowest BCUT2D eigenvalue weighted by atomic mass is 10.4. The number of nitrogen functional groups attached to an aromatic ring is 1. The summed E-state index contributed by atoms with van der Waals surface area (Å²) in [6, 6.07) is 5.56. The molecule has 0 radical (unpaired) electrons. The van der Waals surface area contributed by atoms with E-state index in [0.717, 1.165) is 15.7 Å². The maximum absolute atomic E-state index is 6.12. The van der Waals surface area contributed by atoms with Crippen LogP contribution in [0.15, 0.2) is 30.7 Å². The third-order valence-electron chi connectivity index (χ3n) is 3.05. The van der Waals surface area contributed by atoms with Gasteiger partial charge in [0.25, 0.3) is 0 Å². The summed E-state index contributed by atoms with van der Waals surface area (Å²) in [6.07, 6.45) is 3.14. The second kappa shape index (κ2) is 5.94. The fraction of sp³-hybridized carbons (Fsp3) is 0.143. The van der Waals surface area contributed by atoms with Gasteiger partial charge in [-0.1, -0.05) is 6.07 Å². The van der Waals surface area contributed by atoms with Gasteiger partial charge in [-0.3, -0.25) is 0 Å². The van der Waals surface area contributed by atoms with Gasteiger partial charge in [0, 0.05) is 11.1 Å². The number of pyridine rings is 1. The summed E-state index contributed by atoms with van der Waals surface area (Å²) in [7, 11) is 0. The molecule has 0 bridgehead atoms. The van der Waals surface area contributed by atoms with E-state index in [9.17, 15) is 0 Å². The van der Waals surface area contributed by atoms with Crippen LogP contribution < -0.4 is 16.4 Å². The second-order valence-corrected chi connectivity index (χ2v) is 5.81. The van der Waals surface area contributed by atoms with Crippen molar-refractivity contribution in [2.45, 2.75) is 13.8 Å². The van der Waals surface area contributed by atoms with E-state index in [1.54, 1.807) is 17.5 Å². The van der Waals surface area contributed by atoms with Gasteiger partial charge in [0.05, 0.1) is 5.69 Å². The van der Waals surface area contributed by atoms with Crippen LogP contribution in [0.25, 0.3) is 0 Å². The number of hydrogen-bond donors (Lipinski definition) is 3. The molecule has 3 rings (SSSR count). The molecule has 0 spiro atoms. The van der Waals surface area contributed by atoms with Crippen LogP contribution in [0.5, 0.6) is 0 Å². The first kappa shape index (κ1) is 14.2. The number of aryl methyl sites for hydroxylation is 2. The minimum Gasteiger partial charge on any atom is -0.393 e. The molecule has 112 valence electrons. The van der Waals surface area contributed by atoms with Crippen LogP contribution >= 0.6 is 11.3 Å². The summed E-state index contributed by atoms with van der Waals surface area (Å²) in [4.78, 5) is 18.1. The zero-order valence-corrected chi connectivity index (χ0v) is 13.0. The lowest BCUT2D eigenvalue weighted by Crippen LogP contribution is -2.05. The largest absolute Gasteiger partial charge is 0.393 e. The summed E-state index contributed by atoms with van der Waals surface area (Å²) < 4.78 is 0. The number of thiazole rings is 1. The molecule has 8 heteroatoms. The van der Waals surface area contributed by atoms with Gasteiger partial charge < -0.3 is 16.4 Å². The molecular formula is C14H15N7S. The highest BCUT2D eigenvalue weighted by atomic mass is 32.1. The van der Waals surface area contributed by atoms with Crippen molar-refractivity contribution >= 4 is 39.6 Å². The normalized spacial score (nSPS) is 10.5. The second-order valence-electron chi connectivity index (χ2n) is 4.61. The van der Waals surface area contributed by atoms with E-state index in [0.29, 0.717) is 23.1 Å². The summed E-state index contributed by atoms with van der Waals surface area (Å²) in [5.74, 6) is 1.68. The third kappa shape index (κ3) is 2.96.